The van der Waals surface area contributed by atoms with Gasteiger partial charge in [-0.25, -0.2) is 0 Å². The number of hydrogen-bond acceptors (Lipinski definition) is 4. The zero-order valence-corrected chi connectivity index (χ0v) is 27.4. The Balaban J connectivity index is 2.98. The van der Waals surface area contributed by atoms with Crippen molar-refractivity contribution in [1.29, 1.82) is 0 Å². The van der Waals surface area contributed by atoms with Crippen molar-refractivity contribution in [2.45, 2.75) is 111 Å². The molecule has 0 saturated carbocycles. The highest BCUT2D eigenvalue weighted by molar-refractivity contribution is 7.34. The van der Waals surface area contributed by atoms with Crippen LogP contribution in [0.15, 0.2) is 24.3 Å². The molecule has 208 valence electrons. The van der Waals surface area contributed by atoms with Gasteiger partial charge in [0.2, 0.25) is 0 Å². The first-order valence-corrected chi connectivity index (χ1v) is 15.3. The Kier molecular flexibility index (Phi) is 10.8. The lowest BCUT2D eigenvalue weighted by molar-refractivity contribution is 0.410. The van der Waals surface area contributed by atoms with E-state index >= 15 is 0 Å². The third kappa shape index (κ3) is 8.24. The normalized spacial score (nSPS) is 14.0. The van der Waals surface area contributed by atoms with Crippen LogP contribution in [-0.2, 0) is 10.8 Å². The van der Waals surface area contributed by atoms with E-state index in [1.807, 2.05) is 0 Å². The van der Waals surface area contributed by atoms with Crippen LogP contribution in [-0.4, -0.2) is 25.0 Å². The maximum absolute atomic E-state index is 6.78. The number of benzene rings is 2. The third-order valence-electron chi connectivity index (χ3n) is 6.79. The summed E-state index contributed by atoms with van der Waals surface area (Å²) in [5.74, 6) is 3.42. The van der Waals surface area contributed by atoms with Crippen molar-refractivity contribution in [1.82, 2.24) is 0 Å². The maximum atomic E-state index is 6.78. The van der Waals surface area contributed by atoms with Gasteiger partial charge in [-0.15, -0.1) is 0 Å². The highest BCUT2D eigenvalue weighted by atomic mass is 31.1. The van der Waals surface area contributed by atoms with E-state index < -0.39 is 0 Å². The van der Waals surface area contributed by atoms with Crippen LogP contribution in [0.4, 0.5) is 0 Å². The minimum atomic E-state index is -0.148. The zero-order valence-electron chi connectivity index (χ0n) is 25.4. The molecular weight excluding hydrogens is 498 g/mol. The van der Waals surface area contributed by atoms with E-state index in [9.17, 15) is 0 Å². The Morgan fingerprint density at radius 2 is 1.14 bits per heavy atom. The van der Waals surface area contributed by atoms with Crippen LogP contribution in [0, 0.1) is 0 Å². The fraction of sp³-hybridized carbons (Fsp3) is 0.613. The smallest absolute Gasteiger partial charge is 0.134 e. The van der Waals surface area contributed by atoms with Crippen molar-refractivity contribution in [3.63, 3.8) is 0 Å². The number of rotatable bonds is 11. The summed E-state index contributed by atoms with van der Waals surface area (Å²) in [7, 11) is 4.12. The van der Waals surface area contributed by atoms with E-state index in [0.29, 0.717) is 23.3 Å². The molecule has 37 heavy (non-hydrogen) atoms. The Hall–Kier alpha value is -1.50. The SMILES string of the molecule is CCC(C)POc1c(-c2cc(OC)cc(C(C)(C)C)c2OPC(C)(C)CC)cc(OC)cc1C(C)(C)C. The second-order valence-electron chi connectivity index (χ2n) is 12.6. The average Bonchev–Trinajstić information content (AvgIpc) is 2.83. The van der Waals surface area contributed by atoms with Crippen molar-refractivity contribution in [2.24, 2.45) is 0 Å². The molecule has 0 aromatic heterocycles. The van der Waals surface area contributed by atoms with E-state index in [2.05, 4.69) is 100 Å². The van der Waals surface area contributed by atoms with Crippen LogP contribution in [0.2, 0.25) is 0 Å². The van der Waals surface area contributed by atoms with Crippen LogP contribution in [0.1, 0.15) is 100 Å². The summed E-state index contributed by atoms with van der Waals surface area (Å²) in [6.45, 7) is 24.5. The molecule has 0 bridgehead atoms. The molecule has 0 aliphatic heterocycles. The quantitative estimate of drug-likeness (QED) is 0.262. The van der Waals surface area contributed by atoms with Crippen molar-refractivity contribution in [3.05, 3.63) is 35.4 Å². The topological polar surface area (TPSA) is 36.9 Å². The second-order valence-corrected chi connectivity index (χ2v) is 15.8. The molecule has 2 aromatic carbocycles. The molecule has 0 aliphatic carbocycles. The van der Waals surface area contributed by atoms with Crippen molar-refractivity contribution < 1.29 is 18.5 Å². The molecule has 0 aliphatic rings. The predicted octanol–water partition coefficient (Wildman–Crippen LogP) is 9.90. The van der Waals surface area contributed by atoms with Gasteiger partial charge >= 0.3 is 0 Å². The molecule has 4 nitrogen and oxygen atoms in total. The Morgan fingerprint density at radius 3 is 1.49 bits per heavy atom. The lowest BCUT2D eigenvalue weighted by atomic mass is 9.81. The fourth-order valence-corrected chi connectivity index (χ4v) is 5.13. The average molecular weight is 549 g/mol. The fourth-order valence-electron chi connectivity index (χ4n) is 3.68. The predicted molar refractivity (Wildman–Crippen MR) is 164 cm³/mol. The summed E-state index contributed by atoms with van der Waals surface area (Å²) in [6, 6.07) is 8.42. The molecule has 0 heterocycles. The molecule has 6 heteroatoms. The summed E-state index contributed by atoms with van der Waals surface area (Å²) >= 11 is 0. The molecule has 2 rings (SSSR count). The standard InChI is InChI=1S/C31H50O4P2/c1-14-20(3)36-34-27-23(16-21(32-12)18-25(27)29(4,5)6)24-17-22(33-13)19-26(30(7,8)9)28(24)35-37-31(10,11)15-2/h16-20,36-37H,14-15H2,1-13H3. The van der Waals surface area contributed by atoms with E-state index in [0.717, 1.165) is 58.1 Å². The van der Waals surface area contributed by atoms with Crippen LogP contribution < -0.4 is 18.5 Å². The number of hydrogen-bond donors (Lipinski definition) is 0. The molecule has 0 spiro atoms. The molecule has 0 saturated heterocycles. The van der Waals surface area contributed by atoms with Crippen LogP contribution in [0.25, 0.3) is 11.1 Å². The van der Waals surface area contributed by atoms with Crippen LogP contribution in [0.5, 0.6) is 23.0 Å². The summed E-state index contributed by atoms with van der Waals surface area (Å²) in [6.07, 6.45) is 2.11. The number of ether oxygens (including phenoxy) is 2. The highest BCUT2D eigenvalue weighted by Crippen LogP contribution is 2.52. The van der Waals surface area contributed by atoms with Gasteiger partial charge in [-0.2, -0.15) is 0 Å². The first kappa shape index (κ1) is 31.7. The Labute approximate surface area is 230 Å². The zero-order chi connectivity index (χ0) is 28.2. The van der Waals surface area contributed by atoms with Gasteiger partial charge in [0.05, 0.1) is 31.8 Å². The first-order valence-electron chi connectivity index (χ1n) is 13.4. The Morgan fingerprint density at radius 1 is 0.703 bits per heavy atom. The lowest BCUT2D eigenvalue weighted by Gasteiger charge is -2.31. The molecule has 3 unspecified atom stereocenters. The third-order valence-corrected chi connectivity index (χ3v) is 9.14. The molecule has 0 N–H and O–H groups in total. The molecule has 0 amide bonds. The molecule has 2 aromatic rings. The summed E-state index contributed by atoms with van der Waals surface area (Å²) in [5, 5.41) is 0.0779. The highest BCUT2D eigenvalue weighted by Gasteiger charge is 2.30. The largest absolute Gasteiger partial charge is 0.497 e. The summed E-state index contributed by atoms with van der Waals surface area (Å²) < 4.78 is 25.1. The van der Waals surface area contributed by atoms with E-state index in [4.69, 9.17) is 18.5 Å². The van der Waals surface area contributed by atoms with Gasteiger partial charge in [0, 0.05) is 33.1 Å². The number of methoxy groups -OCH3 is 2. The summed E-state index contributed by atoms with van der Waals surface area (Å²) in [4.78, 5) is 0. The van der Waals surface area contributed by atoms with Gasteiger partial charge in [0.15, 0.2) is 0 Å². The maximum Gasteiger partial charge on any atom is 0.134 e. The monoisotopic (exact) mass is 548 g/mol. The van der Waals surface area contributed by atoms with Gasteiger partial charge < -0.3 is 18.5 Å². The summed E-state index contributed by atoms with van der Waals surface area (Å²) in [5.41, 5.74) is 4.40. The Bertz CT molecular complexity index is 1050. The molecule has 0 fully saturated rings. The lowest BCUT2D eigenvalue weighted by Crippen LogP contribution is -2.17. The molecule has 0 radical (unpaired) electrons. The van der Waals surface area contributed by atoms with E-state index in [-0.39, 0.29) is 16.0 Å². The molecule has 3 atom stereocenters. The van der Waals surface area contributed by atoms with Gasteiger partial charge in [-0.1, -0.05) is 76.2 Å². The van der Waals surface area contributed by atoms with E-state index in [1.54, 1.807) is 14.2 Å². The van der Waals surface area contributed by atoms with Crippen LogP contribution in [0.3, 0.4) is 0 Å². The van der Waals surface area contributed by atoms with Gasteiger partial charge in [-0.3, -0.25) is 0 Å². The second kappa shape index (κ2) is 12.6. The van der Waals surface area contributed by atoms with E-state index in [1.165, 1.54) is 0 Å². The first-order chi connectivity index (χ1) is 17.1. The van der Waals surface area contributed by atoms with Gasteiger partial charge in [0.1, 0.15) is 23.0 Å². The van der Waals surface area contributed by atoms with Gasteiger partial charge in [-0.05, 0) is 47.9 Å². The minimum Gasteiger partial charge on any atom is -0.497 e. The minimum absolute atomic E-state index is 0.0779. The molecular formula is C31H50O4P2. The van der Waals surface area contributed by atoms with Crippen molar-refractivity contribution >= 4 is 17.6 Å². The van der Waals surface area contributed by atoms with Crippen molar-refractivity contribution in [2.75, 3.05) is 14.2 Å². The van der Waals surface area contributed by atoms with Crippen molar-refractivity contribution in [3.8, 4) is 34.1 Å². The van der Waals surface area contributed by atoms with Crippen LogP contribution >= 0.6 is 17.6 Å². The van der Waals surface area contributed by atoms with Gasteiger partial charge in [0.25, 0.3) is 0 Å².